The molecular weight excluding hydrogens is 346 g/mol. The van der Waals surface area contributed by atoms with Crippen LogP contribution in [-0.2, 0) is 9.59 Å². The highest BCUT2D eigenvalue weighted by molar-refractivity contribution is 6.23. The van der Waals surface area contributed by atoms with E-state index in [0.717, 1.165) is 16.8 Å². The first kappa shape index (κ1) is 17.2. The smallest absolute Gasteiger partial charge is 0.238 e. The van der Waals surface area contributed by atoms with Gasteiger partial charge >= 0.3 is 0 Å². The van der Waals surface area contributed by atoms with Crippen molar-refractivity contribution in [3.8, 4) is 0 Å². The monoisotopic (exact) mass is 369 g/mol. The molecule has 1 saturated heterocycles. The minimum Gasteiger partial charge on any atom is -0.274 e. The predicted octanol–water partition coefficient (Wildman–Crippen LogP) is 4.70. The normalized spacial score (nSPS) is 27.7. The van der Waals surface area contributed by atoms with Gasteiger partial charge in [-0.25, -0.2) is 4.90 Å². The Kier molecular flexibility index (Phi) is 3.70. The number of hydrogen-bond acceptors (Lipinski definition) is 2. The number of nitrogens with zero attached hydrogens (tertiary/aromatic N) is 1. The number of fused-ring (bicyclic) bond motifs is 5. The number of anilines is 1. The zero-order valence-electron chi connectivity index (χ0n) is 16.3. The Morgan fingerprint density at radius 2 is 1.46 bits per heavy atom. The number of amides is 2. The third kappa shape index (κ3) is 2.22. The molecule has 1 saturated carbocycles. The minimum absolute atomic E-state index is 0.0300. The van der Waals surface area contributed by atoms with Crippen LogP contribution >= 0.6 is 0 Å². The molecule has 2 aromatic rings. The zero-order valence-corrected chi connectivity index (χ0v) is 16.3. The highest BCUT2D eigenvalue weighted by Gasteiger charge is 2.62. The molecule has 0 spiro atoms. The molecule has 2 aliphatic carbocycles. The van der Waals surface area contributed by atoms with Gasteiger partial charge in [-0.1, -0.05) is 65.8 Å². The Morgan fingerprint density at radius 1 is 0.857 bits per heavy atom. The Bertz CT molecular complexity index is 1030. The molecule has 3 heteroatoms. The van der Waals surface area contributed by atoms with E-state index in [1.165, 1.54) is 21.6 Å². The molecule has 3 nitrogen and oxygen atoms in total. The van der Waals surface area contributed by atoms with E-state index in [1.807, 2.05) is 50.2 Å². The molecule has 2 bridgehead atoms. The van der Waals surface area contributed by atoms with Crippen molar-refractivity contribution >= 4 is 23.1 Å². The van der Waals surface area contributed by atoms with Crippen LogP contribution in [0.2, 0.25) is 0 Å². The molecule has 5 rings (SSSR count). The molecule has 0 N–H and O–H groups in total. The third-order valence-corrected chi connectivity index (χ3v) is 6.65. The molecule has 2 fully saturated rings. The molecule has 0 radical (unpaired) electrons. The van der Waals surface area contributed by atoms with Gasteiger partial charge in [-0.2, -0.15) is 0 Å². The van der Waals surface area contributed by atoms with Gasteiger partial charge in [0.15, 0.2) is 0 Å². The summed E-state index contributed by atoms with van der Waals surface area (Å²) in [7, 11) is 0. The van der Waals surface area contributed by atoms with Crippen molar-refractivity contribution in [3.63, 3.8) is 0 Å². The van der Waals surface area contributed by atoms with Crippen molar-refractivity contribution in [2.24, 2.45) is 23.7 Å². The summed E-state index contributed by atoms with van der Waals surface area (Å²) < 4.78 is 0. The lowest BCUT2D eigenvalue weighted by atomic mass is 9.85. The highest BCUT2D eigenvalue weighted by Crippen LogP contribution is 2.58. The molecule has 2 amide bonds. The quantitative estimate of drug-likeness (QED) is 0.568. The summed E-state index contributed by atoms with van der Waals surface area (Å²) in [5.41, 5.74) is 6.46. The van der Waals surface area contributed by atoms with Crippen LogP contribution in [0.1, 0.15) is 23.6 Å². The summed E-state index contributed by atoms with van der Waals surface area (Å²) in [4.78, 5) is 28.2. The fourth-order valence-electron chi connectivity index (χ4n) is 5.41. The lowest BCUT2D eigenvalue weighted by Gasteiger charge is -2.21. The predicted molar refractivity (Wildman–Crippen MR) is 111 cm³/mol. The van der Waals surface area contributed by atoms with Crippen LogP contribution in [0.3, 0.4) is 0 Å². The van der Waals surface area contributed by atoms with Gasteiger partial charge in [0.1, 0.15) is 0 Å². The van der Waals surface area contributed by atoms with Crippen molar-refractivity contribution in [2.45, 2.75) is 20.8 Å². The van der Waals surface area contributed by atoms with Crippen LogP contribution in [0.15, 0.2) is 66.3 Å². The molecule has 2 aromatic carbocycles. The van der Waals surface area contributed by atoms with Crippen molar-refractivity contribution in [3.05, 3.63) is 82.9 Å². The molecule has 0 aromatic heterocycles. The molecule has 3 aliphatic rings. The van der Waals surface area contributed by atoms with E-state index in [0.29, 0.717) is 0 Å². The van der Waals surface area contributed by atoms with Crippen LogP contribution in [0.25, 0.3) is 5.57 Å². The number of aryl methyl sites for hydroxylation is 2. The summed E-state index contributed by atoms with van der Waals surface area (Å²) in [6.45, 7) is 6.11. The van der Waals surface area contributed by atoms with Crippen LogP contribution in [0, 0.1) is 37.5 Å². The first-order valence-corrected chi connectivity index (χ1v) is 9.88. The van der Waals surface area contributed by atoms with Gasteiger partial charge in [0.2, 0.25) is 11.8 Å². The maximum atomic E-state index is 13.4. The van der Waals surface area contributed by atoms with Gasteiger partial charge in [0.05, 0.1) is 17.5 Å². The third-order valence-electron chi connectivity index (χ3n) is 6.65. The Morgan fingerprint density at radius 3 is 2.04 bits per heavy atom. The SMILES string of the molecule is CC(=C1[C@H]2C=C[C@H]1[C@H]1C(=O)N(c3ccc(C)cc3C)C(=O)[C@@H]12)c1ccccc1. The fraction of sp³-hybridized carbons (Fsp3) is 0.280. The topological polar surface area (TPSA) is 37.4 Å². The van der Waals surface area contributed by atoms with E-state index in [-0.39, 0.29) is 35.5 Å². The van der Waals surface area contributed by atoms with Crippen molar-refractivity contribution in [2.75, 3.05) is 4.90 Å². The molecule has 28 heavy (non-hydrogen) atoms. The summed E-state index contributed by atoms with van der Waals surface area (Å²) in [5, 5.41) is 0. The number of imide groups is 1. The summed E-state index contributed by atoms with van der Waals surface area (Å²) >= 11 is 0. The largest absolute Gasteiger partial charge is 0.274 e. The summed E-state index contributed by atoms with van der Waals surface area (Å²) in [6.07, 6.45) is 4.29. The van der Waals surface area contributed by atoms with Crippen molar-refractivity contribution in [1.82, 2.24) is 0 Å². The first-order chi connectivity index (χ1) is 13.5. The van der Waals surface area contributed by atoms with Gasteiger partial charge in [-0.15, -0.1) is 0 Å². The van der Waals surface area contributed by atoms with E-state index in [1.54, 1.807) is 0 Å². The number of carbonyl (C=O) groups excluding carboxylic acids is 2. The van der Waals surface area contributed by atoms with Gasteiger partial charge in [-0.3, -0.25) is 9.59 Å². The van der Waals surface area contributed by atoms with Gasteiger partial charge < -0.3 is 0 Å². The minimum atomic E-state index is -0.267. The van der Waals surface area contributed by atoms with E-state index < -0.39 is 0 Å². The van der Waals surface area contributed by atoms with Crippen molar-refractivity contribution < 1.29 is 9.59 Å². The number of benzene rings is 2. The maximum absolute atomic E-state index is 13.4. The van der Waals surface area contributed by atoms with Crippen LogP contribution < -0.4 is 4.90 Å². The Labute approximate surface area is 165 Å². The van der Waals surface area contributed by atoms with Crippen LogP contribution in [0.5, 0.6) is 0 Å². The number of rotatable bonds is 2. The maximum Gasteiger partial charge on any atom is 0.238 e. The molecule has 4 atom stereocenters. The molecule has 1 aliphatic heterocycles. The molecule has 1 heterocycles. The lowest BCUT2D eigenvalue weighted by Crippen LogP contribution is -2.33. The lowest BCUT2D eigenvalue weighted by molar-refractivity contribution is -0.122. The average Bonchev–Trinajstić information content (AvgIpc) is 3.33. The second-order valence-corrected chi connectivity index (χ2v) is 8.24. The second kappa shape index (κ2) is 6.03. The summed E-state index contributed by atoms with van der Waals surface area (Å²) in [6, 6.07) is 16.2. The van der Waals surface area contributed by atoms with E-state index in [4.69, 9.17) is 0 Å². The number of allylic oxidation sites excluding steroid dienone is 4. The average molecular weight is 369 g/mol. The number of carbonyl (C=O) groups is 2. The molecule has 140 valence electrons. The second-order valence-electron chi connectivity index (χ2n) is 8.24. The molecule has 0 unspecified atom stereocenters. The van der Waals surface area contributed by atoms with E-state index >= 15 is 0 Å². The summed E-state index contributed by atoms with van der Waals surface area (Å²) in [5.74, 6) is -0.562. The molecular formula is C25H23NO2. The van der Waals surface area contributed by atoms with Crippen molar-refractivity contribution in [1.29, 1.82) is 0 Å². The number of hydrogen-bond donors (Lipinski definition) is 0. The van der Waals surface area contributed by atoms with Crippen LogP contribution in [-0.4, -0.2) is 11.8 Å². The van der Waals surface area contributed by atoms with Gasteiger partial charge in [0, 0.05) is 11.8 Å². The van der Waals surface area contributed by atoms with Gasteiger partial charge in [-0.05, 0) is 43.5 Å². The Balaban J connectivity index is 1.56. The van der Waals surface area contributed by atoms with Gasteiger partial charge in [0.25, 0.3) is 0 Å². The zero-order chi connectivity index (χ0) is 19.6. The standard InChI is InChI=1S/C25H23NO2/c1-14-9-12-20(15(2)13-14)26-24(27)22-18-10-11-19(23(22)25(26)28)21(18)16(3)17-7-5-4-6-8-17/h4-13,18-19,22-23H,1-3H3/t18-,19-,22-,23-/m1/s1. The first-order valence-electron chi connectivity index (χ1n) is 9.88. The fourth-order valence-corrected chi connectivity index (χ4v) is 5.41. The Hall–Kier alpha value is -2.94. The highest BCUT2D eigenvalue weighted by atomic mass is 16.2. The van der Waals surface area contributed by atoms with E-state index in [2.05, 4.69) is 31.2 Å². The van der Waals surface area contributed by atoms with E-state index in [9.17, 15) is 9.59 Å². The van der Waals surface area contributed by atoms with Crippen LogP contribution in [0.4, 0.5) is 5.69 Å².